The van der Waals surface area contributed by atoms with Crippen molar-refractivity contribution in [1.29, 1.82) is 0 Å². The fourth-order valence-electron chi connectivity index (χ4n) is 1.59. The smallest absolute Gasteiger partial charge is 0.465 e. The maximum absolute atomic E-state index is 12.3. The summed E-state index contributed by atoms with van der Waals surface area (Å²) in [4.78, 5) is 14.8. The Morgan fingerprint density at radius 3 is 2.65 bits per heavy atom. The Balaban J connectivity index is 2.27. The summed E-state index contributed by atoms with van der Waals surface area (Å²) in [6.07, 6.45) is -4.75. The van der Waals surface area contributed by atoms with Gasteiger partial charge < -0.3 is 9.26 Å². The number of carbonyl (C=O) groups is 1. The van der Waals surface area contributed by atoms with Crippen LogP contribution in [-0.4, -0.2) is 23.2 Å². The van der Waals surface area contributed by atoms with Crippen molar-refractivity contribution in [3.05, 3.63) is 47.1 Å². The van der Waals surface area contributed by atoms with Gasteiger partial charge in [-0.3, -0.25) is 0 Å². The molecule has 0 unspecified atom stereocenters. The molecule has 1 heterocycles. The van der Waals surface area contributed by atoms with E-state index in [4.69, 9.17) is 0 Å². The van der Waals surface area contributed by atoms with Gasteiger partial charge in [-0.2, -0.15) is 18.2 Å². The van der Waals surface area contributed by atoms with Crippen LogP contribution in [0.3, 0.4) is 0 Å². The quantitative estimate of drug-likeness (QED) is 0.811. The second kappa shape index (κ2) is 5.32. The molecule has 5 nitrogen and oxygen atoms in total. The first-order valence-corrected chi connectivity index (χ1v) is 5.48. The zero-order chi connectivity index (χ0) is 14.8. The first-order valence-electron chi connectivity index (χ1n) is 5.48. The van der Waals surface area contributed by atoms with Crippen LogP contribution < -0.4 is 0 Å². The summed E-state index contributed by atoms with van der Waals surface area (Å²) in [6, 6.07) is 6.35. The highest BCUT2D eigenvalue weighted by molar-refractivity contribution is 5.91. The minimum absolute atomic E-state index is 0.0646. The maximum Gasteiger partial charge on any atom is 0.471 e. The van der Waals surface area contributed by atoms with E-state index in [-0.39, 0.29) is 17.8 Å². The zero-order valence-corrected chi connectivity index (χ0v) is 10.3. The first kappa shape index (κ1) is 14.0. The van der Waals surface area contributed by atoms with Crippen molar-refractivity contribution in [1.82, 2.24) is 10.1 Å². The van der Waals surface area contributed by atoms with Gasteiger partial charge in [0, 0.05) is 6.42 Å². The van der Waals surface area contributed by atoms with Gasteiger partial charge >= 0.3 is 18.0 Å². The van der Waals surface area contributed by atoms with Gasteiger partial charge in [-0.1, -0.05) is 23.4 Å². The summed E-state index contributed by atoms with van der Waals surface area (Å²) < 4.78 is 45.7. The Kier molecular flexibility index (Phi) is 3.73. The molecule has 0 bridgehead atoms. The molecule has 0 N–H and O–H groups in total. The van der Waals surface area contributed by atoms with E-state index in [2.05, 4.69) is 19.4 Å². The van der Waals surface area contributed by atoms with E-state index in [9.17, 15) is 18.0 Å². The average molecular weight is 286 g/mol. The summed E-state index contributed by atoms with van der Waals surface area (Å²) in [7, 11) is 1.22. The van der Waals surface area contributed by atoms with Crippen LogP contribution in [0, 0.1) is 0 Å². The lowest BCUT2D eigenvalue weighted by molar-refractivity contribution is -0.159. The van der Waals surface area contributed by atoms with Crippen LogP contribution in [0.2, 0.25) is 0 Å². The standard InChI is InChI=1S/C12H9F3N2O3/c1-19-10(18)8-5-3-2-4-7(8)6-9-16-11(20-17-9)12(13,14)15/h2-5H,6H2,1H3. The molecule has 2 rings (SSSR count). The highest BCUT2D eigenvalue weighted by Gasteiger charge is 2.38. The molecule has 0 saturated carbocycles. The van der Waals surface area contributed by atoms with Gasteiger partial charge in [-0.25, -0.2) is 4.79 Å². The molecule has 0 aliphatic rings. The average Bonchev–Trinajstić information content (AvgIpc) is 2.87. The third-order valence-electron chi connectivity index (χ3n) is 2.48. The molecule has 0 amide bonds. The van der Waals surface area contributed by atoms with Crippen LogP contribution in [0.15, 0.2) is 28.8 Å². The van der Waals surface area contributed by atoms with Gasteiger partial charge in [-0.05, 0) is 11.6 Å². The number of benzene rings is 1. The molecule has 20 heavy (non-hydrogen) atoms. The van der Waals surface area contributed by atoms with Crippen molar-refractivity contribution in [3.8, 4) is 0 Å². The van der Waals surface area contributed by atoms with Crippen LogP contribution in [0.5, 0.6) is 0 Å². The Morgan fingerprint density at radius 2 is 2.05 bits per heavy atom. The number of methoxy groups -OCH3 is 1. The second-order valence-electron chi connectivity index (χ2n) is 3.84. The molecule has 0 atom stereocenters. The second-order valence-corrected chi connectivity index (χ2v) is 3.84. The fraction of sp³-hybridized carbons (Fsp3) is 0.250. The van der Waals surface area contributed by atoms with Gasteiger partial charge in [0.05, 0.1) is 12.7 Å². The van der Waals surface area contributed by atoms with Crippen LogP contribution in [0.1, 0.15) is 27.6 Å². The topological polar surface area (TPSA) is 65.2 Å². The van der Waals surface area contributed by atoms with Gasteiger partial charge in [0.1, 0.15) is 0 Å². The maximum atomic E-state index is 12.3. The summed E-state index contributed by atoms with van der Waals surface area (Å²) in [6.45, 7) is 0. The molecule has 0 fully saturated rings. The van der Waals surface area contributed by atoms with Crippen molar-refractivity contribution in [2.75, 3.05) is 7.11 Å². The van der Waals surface area contributed by atoms with E-state index in [1.807, 2.05) is 0 Å². The van der Waals surface area contributed by atoms with E-state index in [1.54, 1.807) is 18.2 Å². The van der Waals surface area contributed by atoms with Gasteiger partial charge in [-0.15, -0.1) is 0 Å². The van der Waals surface area contributed by atoms with Gasteiger partial charge in [0.15, 0.2) is 5.82 Å². The third-order valence-corrected chi connectivity index (χ3v) is 2.48. The number of nitrogens with zero attached hydrogens (tertiary/aromatic N) is 2. The van der Waals surface area contributed by atoms with Crippen LogP contribution in [0.4, 0.5) is 13.2 Å². The number of carbonyl (C=O) groups excluding carboxylic acids is 1. The highest BCUT2D eigenvalue weighted by Crippen LogP contribution is 2.27. The molecule has 8 heteroatoms. The fourth-order valence-corrected chi connectivity index (χ4v) is 1.59. The Bertz CT molecular complexity index is 622. The predicted octanol–water partition coefficient (Wildman–Crippen LogP) is 2.47. The number of hydrogen-bond donors (Lipinski definition) is 0. The van der Waals surface area contributed by atoms with Gasteiger partial charge in [0.2, 0.25) is 0 Å². The Morgan fingerprint density at radius 1 is 1.35 bits per heavy atom. The monoisotopic (exact) mass is 286 g/mol. The van der Waals surface area contributed by atoms with Crippen LogP contribution in [0.25, 0.3) is 0 Å². The van der Waals surface area contributed by atoms with Crippen molar-refractivity contribution in [2.45, 2.75) is 12.6 Å². The van der Waals surface area contributed by atoms with E-state index >= 15 is 0 Å². The Labute approximate surface area is 111 Å². The Hall–Kier alpha value is -2.38. The van der Waals surface area contributed by atoms with Crippen molar-refractivity contribution < 1.29 is 27.2 Å². The number of rotatable bonds is 3. The molecular weight excluding hydrogens is 277 g/mol. The lowest BCUT2D eigenvalue weighted by atomic mass is 10.0. The van der Waals surface area contributed by atoms with Crippen LogP contribution in [-0.2, 0) is 17.3 Å². The zero-order valence-electron chi connectivity index (χ0n) is 10.3. The number of alkyl halides is 3. The molecule has 0 radical (unpaired) electrons. The minimum atomic E-state index is -4.69. The highest BCUT2D eigenvalue weighted by atomic mass is 19.4. The SMILES string of the molecule is COC(=O)c1ccccc1Cc1noc(C(F)(F)F)n1. The first-order chi connectivity index (χ1) is 9.41. The van der Waals surface area contributed by atoms with E-state index in [1.165, 1.54) is 13.2 Å². The number of hydrogen-bond acceptors (Lipinski definition) is 5. The molecule has 1 aromatic carbocycles. The van der Waals surface area contributed by atoms with Crippen molar-refractivity contribution >= 4 is 5.97 Å². The summed E-state index contributed by atoms with van der Waals surface area (Å²) >= 11 is 0. The van der Waals surface area contributed by atoms with E-state index in [0.29, 0.717) is 5.56 Å². The molecule has 0 saturated heterocycles. The minimum Gasteiger partial charge on any atom is -0.465 e. The normalized spacial score (nSPS) is 11.4. The lowest BCUT2D eigenvalue weighted by Crippen LogP contribution is -2.07. The third kappa shape index (κ3) is 2.95. The molecule has 0 aliphatic heterocycles. The number of aromatic nitrogens is 2. The number of halogens is 3. The van der Waals surface area contributed by atoms with E-state index < -0.39 is 18.0 Å². The molecule has 106 valence electrons. The number of ether oxygens (including phenoxy) is 1. The lowest BCUT2D eigenvalue weighted by Gasteiger charge is -2.05. The molecule has 1 aromatic heterocycles. The number of esters is 1. The molecule has 0 aliphatic carbocycles. The molecule has 0 spiro atoms. The van der Waals surface area contributed by atoms with E-state index in [0.717, 1.165) is 0 Å². The van der Waals surface area contributed by atoms with Gasteiger partial charge in [0.25, 0.3) is 0 Å². The molecular formula is C12H9F3N2O3. The summed E-state index contributed by atoms with van der Waals surface area (Å²) in [5.74, 6) is -2.16. The summed E-state index contributed by atoms with van der Waals surface area (Å²) in [5, 5.41) is 3.25. The summed E-state index contributed by atoms with van der Waals surface area (Å²) in [5.41, 5.74) is 0.697. The molecule has 2 aromatic rings. The van der Waals surface area contributed by atoms with Crippen molar-refractivity contribution in [3.63, 3.8) is 0 Å². The van der Waals surface area contributed by atoms with Crippen molar-refractivity contribution in [2.24, 2.45) is 0 Å². The largest absolute Gasteiger partial charge is 0.471 e. The van der Waals surface area contributed by atoms with Crippen LogP contribution >= 0.6 is 0 Å². The predicted molar refractivity (Wildman–Crippen MR) is 59.9 cm³/mol.